The number of aliphatic hydroxyl groups is 1. The maximum absolute atomic E-state index is 11.9. The molecule has 2 aromatic carbocycles. The molecule has 32 heavy (non-hydrogen) atoms. The van der Waals surface area contributed by atoms with Gasteiger partial charge in [0.1, 0.15) is 24.4 Å². The van der Waals surface area contributed by atoms with Crippen molar-refractivity contribution in [3.05, 3.63) is 84.4 Å². The number of rotatable bonds is 11. The standard InChI is InChI=1S/C25H31NO6/c1-3-14-30-25-22(26-18(2)27)24(31-16-20-12-8-5-9-13-20)23(28)21(32-25)17-29-15-19-10-6-4-7-11-19/h3-13,21-25,28H,1,14-17H2,2H3,(H,26,27)/t21-,22-,23-,24-,25+/m1/s1. The minimum atomic E-state index is -1.03. The number of amides is 1. The molecule has 2 aromatic rings. The zero-order valence-electron chi connectivity index (χ0n) is 18.3. The van der Waals surface area contributed by atoms with Gasteiger partial charge in [-0.05, 0) is 11.1 Å². The number of aliphatic hydroxyl groups excluding tert-OH is 1. The molecule has 0 saturated carbocycles. The summed E-state index contributed by atoms with van der Waals surface area (Å²) < 4.78 is 23.7. The fraction of sp³-hybridized carbons (Fsp3) is 0.400. The Morgan fingerprint density at radius 1 is 1.06 bits per heavy atom. The lowest BCUT2D eigenvalue weighted by Crippen LogP contribution is -2.65. The van der Waals surface area contributed by atoms with E-state index in [9.17, 15) is 9.90 Å². The minimum absolute atomic E-state index is 0.141. The van der Waals surface area contributed by atoms with Gasteiger partial charge >= 0.3 is 0 Å². The van der Waals surface area contributed by atoms with E-state index in [1.165, 1.54) is 6.92 Å². The Kier molecular flexibility index (Phi) is 9.40. The van der Waals surface area contributed by atoms with Crippen molar-refractivity contribution in [2.75, 3.05) is 13.2 Å². The number of ether oxygens (including phenoxy) is 4. The second-order valence-corrected chi connectivity index (χ2v) is 7.64. The number of carbonyl (C=O) groups is 1. The third-order valence-electron chi connectivity index (χ3n) is 5.10. The van der Waals surface area contributed by atoms with Gasteiger partial charge in [-0.15, -0.1) is 6.58 Å². The lowest BCUT2D eigenvalue weighted by molar-refractivity contribution is -0.278. The van der Waals surface area contributed by atoms with Crippen LogP contribution in [0.4, 0.5) is 0 Å². The van der Waals surface area contributed by atoms with Gasteiger partial charge in [0.25, 0.3) is 0 Å². The first-order valence-corrected chi connectivity index (χ1v) is 10.7. The van der Waals surface area contributed by atoms with Crippen LogP contribution in [0.2, 0.25) is 0 Å². The van der Waals surface area contributed by atoms with Crippen molar-refractivity contribution in [1.82, 2.24) is 5.32 Å². The van der Waals surface area contributed by atoms with Crippen molar-refractivity contribution in [3.63, 3.8) is 0 Å². The Labute approximate surface area is 188 Å². The molecule has 0 aliphatic carbocycles. The van der Waals surface area contributed by atoms with Crippen molar-refractivity contribution < 1.29 is 28.8 Å². The predicted molar refractivity (Wildman–Crippen MR) is 120 cm³/mol. The lowest BCUT2D eigenvalue weighted by Gasteiger charge is -2.44. The molecule has 0 bridgehead atoms. The van der Waals surface area contributed by atoms with Gasteiger partial charge in [-0.1, -0.05) is 66.7 Å². The molecule has 7 nitrogen and oxygen atoms in total. The summed E-state index contributed by atoms with van der Waals surface area (Å²) in [5.74, 6) is -0.273. The normalized spacial score (nSPS) is 25.2. The second kappa shape index (κ2) is 12.5. The Balaban J connectivity index is 1.72. The first-order chi connectivity index (χ1) is 15.6. The first-order valence-electron chi connectivity index (χ1n) is 10.7. The summed E-state index contributed by atoms with van der Waals surface area (Å²) in [6, 6.07) is 18.7. The van der Waals surface area contributed by atoms with Gasteiger partial charge in [-0.3, -0.25) is 4.79 Å². The summed E-state index contributed by atoms with van der Waals surface area (Å²) in [5, 5.41) is 13.9. The molecule has 1 heterocycles. The summed E-state index contributed by atoms with van der Waals surface area (Å²) in [5.41, 5.74) is 1.97. The monoisotopic (exact) mass is 441 g/mol. The van der Waals surface area contributed by atoms with E-state index in [-0.39, 0.29) is 25.7 Å². The molecule has 2 N–H and O–H groups in total. The van der Waals surface area contributed by atoms with Gasteiger partial charge in [-0.25, -0.2) is 0 Å². The van der Waals surface area contributed by atoms with Crippen molar-refractivity contribution in [2.45, 2.75) is 50.8 Å². The van der Waals surface area contributed by atoms with E-state index in [4.69, 9.17) is 18.9 Å². The van der Waals surface area contributed by atoms with Crippen LogP contribution in [0.1, 0.15) is 18.1 Å². The highest BCUT2D eigenvalue weighted by molar-refractivity contribution is 5.73. The molecule has 7 heteroatoms. The Morgan fingerprint density at radius 3 is 2.28 bits per heavy atom. The summed E-state index contributed by atoms with van der Waals surface area (Å²) in [4.78, 5) is 11.9. The molecule has 1 saturated heterocycles. The van der Waals surface area contributed by atoms with Crippen LogP contribution in [0.15, 0.2) is 73.3 Å². The minimum Gasteiger partial charge on any atom is -0.388 e. The van der Waals surface area contributed by atoms with E-state index in [1.807, 2.05) is 60.7 Å². The fourth-order valence-electron chi connectivity index (χ4n) is 3.58. The van der Waals surface area contributed by atoms with Gasteiger partial charge in [0.15, 0.2) is 6.29 Å². The highest BCUT2D eigenvalue weighted by atomic mass is 16.7. The quantitative estimate of drug-likeness (QED) is 0.522. The van der Waals surface area contributed by atoms with Crippen LogP contribution in [0.5, 0.6) is 0 Å². The number of carbonyl (C=O) groups excluding carboxylic acids is 1. The summed E-state index contributed by atoms with van der Waals surface area (Å²) in [7, 11) is 0. The van der Waals surface area contributed by atoms with Crippen molar-refractivity contribution in [2.24, 2.45) is 0 Å². The van der Waals surface area contributed by atoms with Gasteiger partial charge < -0.3 is 29.4 Å². The number of benzene rings is 2. The Morgan fingerprint density at radius 2 is 1.69 bits per heavy atom. The predicted octanol–water partition coefficient (Wildman–Crippen LogP) is 2.58. The van der Waals surface area contributed by atoms with E-state index in [2.05, 4.69) is 11.9 Å². The molecule has 1 amide bonds. The summed E-state index contributed by atoms with van der Waals surface area (Å²) in [6.45, 7) is 6.09. The summed E-state index contributed by atoms with van der Waals surface area (Å²) in [6.07, 6.45) is -1.71. The summed E-state index contributed by atoms with van der Waals surface area (Å²) >= 11 is 0. The molecule has 5 atom stereocenters. The van der Waals surface area contributed by atoms with E-state index in [1.54, 1.807) is 6.08 Å². The van der Waals surface area contributed by atoms with Crippen LogP contribution in [-0.4, -0.2) is 54.9 Å². The third kappa shape index (κ3) is 6.98. The molecule has 0 radical (unpaired) electrons. The third-order valence-corrected chi connectivity index (χ3v) is 5.10. The van der Waals surface area contributed by atoms with Crippen molar-refractivity contribution >= 4 is 5.91 Å². The molecule has 3 rings (SSSR count). The van der Waals surface area contributed by atoms with Crippen LogP contribution in [-0.2, 0) is 37.0 Å². The Hall–Kier alpha value is -2.55. The highest BCUT2D eigenvalue weighted by Crippen LogP contribution is 2.26. The van der Waals surface area contributed by atoms with E-state index >= 15 is 0 Å². The molecule has 1 aliphatic heterocycles. The van der Waals surface area contributed by atoms with Crippen molar-refractivity contribution in [3.8, 4) is 0 Å². The molecule has 0 spiro atoms. The smallest absolute Gasteiger partial charge is 0.217 e. The first kappa shape index (κ1) is 24.1. The maximum Gasteiger partial charge on any atom is 0.217 e. The van der Waals surface area contributed by atoms with Gasteiger partial charge in [0.2, 0.25) is 5.91 Å². The molecular weight excluding hydrogens is 410 g/mol. The maximum atomic E-state index is 11.9. The fourth-order valence-corrected chi connectivity index (χ4v) is 3.58. The topological polar surface area (TPSA) is 86.2 Å². The van der Waals surface area contributed by atoms with Crippen LogP contribution in [0, 0.1) is 0 Å². The average molecular weight is 442 g/mol. The van der Waals surface area contributed by atoms with Gasteiger partial charge in [0, 0.05) is 6.92 Å². The lowest BCUT2D eigenvalue weighted by atomic mass is 9.96. The number of hydrogen-bond acceptors (Lipinski definition) is 6. The number of hydrogen-bond donors (Lipinski definition) is 2. The van der Waals surface area contributed by atoms with E-state index in [0.29, 0.717) is 6.61 Å². The van der Waals surface area contributed by atoms with E-state index < -0.39 is 30.6 Å². The van der Waals surface area contributed by atoms with Crippen LogP contribution in [0.25, 0.3) is 0 Å². The van der Waals surface area contributed by atoms with E-state index in [0.717, 1.165) is 11.1 Å². The zero-order valence-corrected chi connectivity index (χ0v) is 18.3. The van der Waals surface area contributed by atoms with Crippen LogP contribution >= 0.6 is 0 Å². The highest BCUT2D eigenvalue weighted by Gasteiger charge is 2.47. The average Bonchev–Trinajstić information content (AvgIpc) is 2.80. The molecule has 1 aliphatic rings. The van der Waals surface area contributed by atoms with Gasteiger partial charge in [-0.2, -0.15) is 0 Å². The molecule has 0 unspecified atom stereocenters. The Bertz CT molecular complexity index is 831. The molecule has 0 aromatic heterocycles. The molecular formula is C25H31NO6. The second-order valence-electron chi connectivity index (χ2n) is 7.64. The van der Waals surface area contributed by atoms with Gasteiger partial charge in [0.05, 0.1) is 26.4 Å². The van der Waals surface area contributed by atoms with Crippen LogP contribution < -0.4 is 5.32 Å². The largest absolute Gasteiger partial charge is 0.388 e. The SMILES string of the molecule is C=CCO[C@H]1O[C@H](COCc2ccccc2)[C@@H](O)[C@H](OCc2ccccc2)[C@H]1NC(C)=O. The molecule has 172 valence electrons. The zero-order chi connectivity index (χ0) is 22.8. The van der Waals surface area contributed by atoms with Crippen LogP contribution in [0.3, 0.4) is 0 Å². The molecule has 1 fully saturated rings. The number of nitrogens with one attached hydrogen (secondary N) is 1. The van der Waals surface area contributed by atoms with Crippen molar-refractivity contribution in [1.29, 1.82) is 0 Å².